The molecule has 0 saturated heterocycles. The van der Waals surface area contributed by atoms with E-state index in [4.69, 9.17) is 0 Å². The Morgan fingerprint density at radius 3 is 2.79 bits per heavy atom. The first-order valence-electron chi connectivity index (χ1n) is 9.05. The molecule has 1 amide bonds. The highest BCUT2D eigenvalue weighted by molar-refractivity contribution is 7.99. The van der Waals surface area contributed by atoms with Crippen LogP contribution in [-0.2, 0) is 17.9 Å². The highest BCUT2D eigenvalue weighted by atomic mass is 32.2. The molecule has 8 heteroatoms. The zero-order valence-corrected chi connectivity index (χ0v) is 18.2. The van der Waals surface area contributed by atoms with Gasteiger partial charge in [0.1, 0.15) is 10.6 Å². The lowest BCUT2D eigenvalue weighted by Gasteiger charge is -2.18. The van der Waals surface area contributed by atoms with Gasteiger partial charge in [0, 0.05) is 30.6 Å². The third-order valence-corrected chi connectivity index (χ3v) is 6.74. The molecule has 0 unspecified atom stereocenters. The van der Waals surface area contributed by atoms with Crippen LogP contribution in [0.3, 0.4) is 0 Å². The van der Waals surface area contributed by atoms with Gasteiger partial charge in [-0.05, 0) is 25.5 Å². The number of benzene rings is 1. The van der Waals surface area contributed by atoms with Crippen LogP contribution in [0.4, 0.5) is 4.39 Å². The number of rotatable bonds is 7. The van der Waals surface area contributed by atoms with Gasteiger partial charge in [-0.15, -0.1) is 17.9 Å². The third-order valence-electron chi connectivity index (χ3n) is 4.68. The van der Waals surface area contributed by atoms with Crippen molar-refractivity contribution in [3.63, 3.8) is 0 Å². The van der Waals surface area contributed by atoms with Gasteiger partial charge in [0.05, 0.1) is 11.1 Å². The molecule has 0 fully saturated rings. The first kappa shape index (κ1) is 21.3. The van der Waals surface area contributed by atoms with Crippen LogP contribution in [0.15, 0.2) is 46.9 Å². The van der Waals surface area contributed by atoms with Crippen molar-refractivity contribution in [3.05, 3.63) is 69.1 Å². The number of aromatic nitrogens is 2. The standard InChI is InChI=1S/C21H22FN3O2S2/c1-5-10-25-20(27)18-13(2)14(3)29-19(18)23-21(25)28-12-17(26)24(4)11-15-8-6-7-9-16(15)22/h5-9H,1,10-12H2,2-4H3. The molecule has 0 radical (unpaired) electrons. The Balaban J connectivity index is 1.81. The summed E-state index contributed by atoms with van der Waals surface area (Å²) in [6.07, 6.45) is 1.64. The lowest BCUT2D eigenvalue weighted by molar-refractivity contribution is -0.127. The van der Waals surface area contributed by atoms with Crippen molar-refractivity contribution in [2.45, 2.75) is 32.1 Å². The van der Waals surface area contributed by atoms with E-state index in [1.54, 1.807) is 35.9 Å². The Morgan fingerprint density at radius 2 is 2.10 bits per heavy atom. The number of carbonyl (C=O) groups excluding carboxylic acids is 1. The number of halogens is 1. The van der Waals surface area contributed by atoms with Crippen molar-refractivity contribution in [2.24, 2.45) is 0 Å². The molecule has 2 heterocycles. The quantitative estimate of drug-likeness (QED) is 0.320. The first-order chi connectivity index (χ1) is 13.8. The molecule has 0 spiro atoms. The van der Waals surface area contributed by atoms with Crippen molar-refractivity contribution in [1.82, 2.24) is 14.5 Å². The molecule has 29 heavy (non-hydrogen) atoms. The number of thiophene rings is 1. The van der Waals surface area contributed by atoms with Gasteiger partial charge in [-0.25, -0.2) is 9.37 Å². The van der Waals surface area contributed by atoms with Gasteiger partial charge in [-0.3, -0.25) is 14.2 Å². The van der Waals surface area contributed by atoms with E-state index in [9.17, 15) is 14.0 Å². The molecule has 3 aromatic rings. The van der Waals surface area contributed by atoms with Gasteiger partial charge in [0.2, 0.25) is 5.91 Å². The second kappa shape index (κ2) is 8.92. The monoisotopic (exact) mass is 431 g/mol. The SMILES string of the molecule is C=CCn1c(SCC(=O)N(C)Cc2ccccc2F)nc2sc(C)c(C)c2c1=O. The van der Waals surface area contributed by atoms with Crippen LogP contribution < -0.4 is 5.56 Å². The van der Waals surface area contributed by atoms with E-state index in [1.165, 1.54) is 34.1 Å². The fourth-order valence-corrected chi connectivity index (χ4v) is 4.94. The van der Waals surface area contributed by atoms with Crippen molar-refractivity contribution in [1.29, 1.82) is 0 Å². The minimum Gasteiger partial charge on any atom is -0.341 e. The summed E-state index contributed by atoms with van der Waals surface area (Å²) in [4.78, 5) is 33.4. The number of hydrogen-bond donors (Lipinski definition) is 0. The Bertz CT molecular complexity index is 1140. The van der Waals surface area contributed by atoms with E-state index in [2.05, 4.69) is 11.6 Å². The molecular formula is C21H22FN3O2S2. The Hall–Kier alpha value is -2.45. The van der Waals surface area contributed by atoms with Crippen molar-refractivity contribution in [2.75, 3.05) is 12.8 Å². The fraction of sp³-hybridized carbons (Fsp3) is 0.286. The molecule has 0 aliphatic heterocycles. The predicted molar refractivity (Wildman–Crippen MR) is 117 cm³/mol. The van der Waals surface area contributed by atoms with Gasteiger partial charge < -0.3 is 4.90 Å². The van der Waals surface area contributed by atoms with Gasteiger partial charge in [-0.2, -0.15) is 0 Å². The van der Waals surface area contributed by atoms with Crippen LogP contribution >= 0.6 is 23.1 Å². The third kappa shape index (κ3) is 4.43. The number of hydrogen-bond acceptors (Lipinski definition) is 5. The maximum atomic E-state index is 13.8. The molecule has 0 N–H and O–H groups in total. The first-order valence-corrected chi connectivity index (χ1v) is 10.8. The molecule has 2 aromatic heterocycles. The van der Waals surface area contributed by atoms with Crippen LogP contribution in [0.25, 0.3) is 10.2 Å². The van der Waals surface area contributed by atoms with E-state index >= 15 is 0 Å². The average molecular weight is 432 g/mol. The second-order valence-corrected chi connectivity index (χ2v) is 8.84. The average Bonchev–Trinajstić information content (AvgIpc) is 2.98. The van der Waals surface area contributed by atoms with Crippen molar-refractivity contribution in [3.8, 4) is 0 Å². The molecule has 0 aliphatic carbocycles. The number of amides is 1. The summed E-state index contributed by atoms with van der Waals surface area (Å²) in [6, 6.07) is 6.39. The molecule has 3 rings (SSSR count). The van der Waals surface area contributed by atoms with Crippen LogP contribution in [0.5, 0.6) is 0 Å². The summed E-state index contributed by atoms with van der Waals surface area (Å²) in [7, 11) is 1.63. The zero-order valence-electron chi connectivity index (χ0n) is 16.6. The minimum absolute atomic E-state index is 0.101. The molecule has 152 valence electrons. The Kier molecular flexibility index (Phi) is 6.54. The summed E-state index contributed by atoms with van der Waals surface area (Å²) in [6.45, 7) is 8.10. The lowest BCUT2D eigenvalue weighted by atomic mass is 10.2. The van der Waals surface area contributed by atoms with Gasteiger partial charge in [0.25, 0.3) is 5.56 Å². The Morgan fingerprint density at radius 1 is 1.38 bits per heavy atom. The number of carbonyl (C=O) groups is 1. The fourth-order valence-electron chi connectivity index (χ4n) is 2.92. The van der Waals surface area contributed by atoms with Crippen LogP contribution in [0.1, 0.15) is 16.0 Å². The second-order valence-electron chi connectivity index (χ2n) is 6.69. The van der Waals surface area contributed by atoms with E-state index in [-0.39, 0.29) is 29.6 Å². The summed E-state index contributed by atoms with van der Waals surface area (Å²) in [5.74, 6) is -0.407. The number of aryl methyl sites for hydroxylation is 2. The number of nitrogens with zero attached hydrogens (tertiary/aromatic N) is 3. The summed E-state index contributed by atoms with van der Waals surface area (Å²) >= 11 is 2.69. The van der Waals surface area contributed by atoms with Crippen LogP contribution in [0.2, 0.25) is 0 Å². The lowest BCUT2D eigenvalue weighted by Crippen LogP contribution is -2.29. The molecule has 0 atom stereocenters. The van der Waals surface area contributed by atoms with Crippen LogP contribution in [0, 0.1) is 19.7 Å². The molecule has 0 bridgehead atoms. The largest absolute Gasteiger partial charge is 0.341 e. The smallest absolute Gasteiger partial charge is 0.263 e. The number of fused-ring (bicyclic) bond motifs is 1. The minimum atomic E-state index is -0.338. The van der Waals surface area contributed by atoms with E-state index < -0.39 is 0 Å². The molecule has 0 aliphatic rings. The summed E-state index contributed by atoms with van der Waals surface area (Å²) < 4.78 is 15.4. The van der Waals surface area contributed by atoms with Crippen LogP contribution in [-0.4, -0.2) is 33.2 Å². The zero-order chi connectivity index (χ0) is 21.1. The van der Waals surface area contributed by atoms with Gasteiger partial charge in [0.15, 0.2) is 5.16 Å². The molecule has 5 nitrogen and oxygen atoms in total. The van der Waals surface area contributed by atoms with E-state index in [0.717, 1.165) is 10.4 Å². The predicted octanol–water partition coefficient (Wildman–Crippen LogP) is 4.15. The molecular weight excluding hydrogens is 409 g/mol. The Labute approximate surface area is 176 Å². The van der Waals surface area contributed by atoms with Crippen molar-refractivity contribution >= 4 is 39.2 Å². The maximum Gasteiger partial charge on any atom is 0.263 e. The summed E-state index contributed by atoms with van der Waals surface area (Å²) in [5.41, 5.74) is 1.28. The number of allylic oxidation sites excluding steroid dienone is 1. The number of thioether (sulfide) groups is 1. The van der Waals surface area contributed by atoms with Gasteiger partial charge >= 0.3 is 0 Å². The normalized spacial score (nSPS) is 11.0. The van der Waals surface area contributed by atoms with Gasteiger partial charge in [-0.1, -0.05) is 36.0 Å². The maximum absolute atomic E-state index is 13.8. The topological polar surface area (TPSA) is 55.2 Å². The molecule has 1 aromatic carbocycles. The molecule has 0 saturated carbocycles. The summed E-state index contributed by atoms with van der Waals surface area (Å²) in [5, 5.41) is 1.11. The highest BCUT2D eigenvalue weighted by Gasteiger charge is 2.18. The van der Waals surface area contributed by atoms with Crippen molar-refractivity contribution < 1.29 is 9.18 Å². The van der Waals surface area contributed by atoms with E-state index in [1.807, 2.05) is 13.8 Å². The van der Waals surface area contributed by atoms with E-state index in [0.29, 0.717) is 27.5 Å². The highest BCUT2D eigenvalue weighted by Crippen LogP contribution is 2.28.